The minimum atomic E-state index is -1.82. The smallest absolute Gasteiger partial charge is 0.340 e. The summed E-state index contributed by atoms with van der Waals surface area (Å²) in [5, 5.41) is 26.7. The molecule has 0 aromatic heterocycles. The third-order valence-electron chi connectivity index (χ3n) is 14.6. The van der Waals surface area contributed by atoms with Crippen molar-refractivity contribution < 1.29 is 53.1 Å². The maximum absolute atomic E-state index is 14.1. The maximum atomic E-state index is 14.1. The quantitative estimate of drug-likeness (QED) is 0.284. The highest BCUT2D eigenvalue weighted by molar-refractivity contribution is 6.22. The van der Waals surface area contributed by atoms with E-state index in [1.165, 1.54) is 6.92 Å². The number of likely N-dealkylation sites (N-methyl/N-ethyl adjacent to an activating group) is 1. The first-order chi connectivity index (χ1) is 24.3. The fourth-order valence-electron chi connectivity index (χ4n) is 13.2. The molecule has 5 unspecified atom stereocenters. The summed E-state index contributed by atoms with van der Waals surface area (Å²) in [7, 11) is 4.85. The zero-order chi connectivity index (χ0) is 36.4. The number of carbonyl (C=O) groups is 4. The highest BCUT2D eigenvalue weighted by Gasteiger charge is 2.92. The van der Waals surface area contributed by atoms with E-state index in [4.69, 9.17) is 23.7 Å². The van der Waals surface area contributed by atoms with Gasteiger partial charge in [0, 0.05) is 82.1 Å². The van der Waals surface area contributed by atoms with Crippen molar-refractivity contribution in [2.45, 2.75) is 94.5 Å². The van der Waals surface area contributed by atoms with Crippen molar-refractivity contribution in [3.8, 4) is 0 Å². The Morgan fingerprint density at radius 2 is 1.80 bits per heavy atom. The van der Waals surface area contributed by atoms with Crippen LogP contribution in [0.3, 0.4) is 0 Å². The highest BCUT2D eigenvalue weighted by atomic mass is 16.6. The predicted molar refractivity (Wildman–Crippen MR) is 179 cm³/mol. The Bertz CT molecular complexity index is 1650. The van der Waals surface area contributed by atoms with Gasteiger partial charge in [-0.2, -0.15) is 0 Å². The zero-order valence-electron chi connectivity index (χ0n) is 30.2. The van der Waals surface area contributed by atoms with Gasteiger partial charge >= 0.3 is 11.9 Å². The van der Waals surface area contributed by atoms with Crippen molar-refractivity contribution in [2.24, 2.45) is 40.4 Å². The standard InChI is InChI=1S/C38H50N2O11/c1-7-39-17-35(18-50-33(44)21-10-8-9-11-24(21)40-27(42)14-19(2)32(40)43)13-12-26(48-5)37-23-15-22-25(47-4)16-36(45,28(23)29(22)51-20(3)41)38(46,34(37)39)31(49-6)30(35)37/h8-11,19,22-23,25-26,28-31,34,45-46H,7,12-18H2,1-6H3/t19?,22-,23?,25+,26+,28?,29+,30?,31-,34?,35+,36-,37+,38+/m1/s1. The lowest BCUT2D eigenvalue weighted by atomic mass is 9.42. The number of likely N-dealkylation sites (tertiary alicyclic amines) is 1. The average Bonchev–Trinajstić information content (AvgIpc) is 3.61. The van der Waals surface area contributed by atoms with Gasteiger partial charge in [0.2, 0.25) is 11.8 Å². The molecule has 14 atom stereocenters. The van der Waals surface area contributed by atoms with E-state index in [9.17, 15) is 29.4 Å². The molecule has 5 aliphatic carbocycles. The van der Waals surface area contributed by atoms with Gasteiger partial charge in [0.15, 0.2) is 0 Å². The minimum Gasteiger partial charge on any atom is -0.462 e. The van der Waals surface area contributed by atoms with Crippen molar-refractivity contribution in [2.75, 3.05) is 45.9 Å². The number of amides is 2. The summed E-state index contributed by atoms with van der Waals surface area (Å²) in [6, 6.07) is 5.95. The summed E-state index contributed by atoms with van der Waals surface area (Å²) in [4.78, 5) is 55.9. The Labute approximate surface area is 297 Å². The third-order valence-corrected chi connectivity index (χ3v) is 14.6. The topological polar surface area (TPSA) is 161 Å². The van der Waals surface area contributed by atoms with Crippen molar-refractivity contribution >= 4 is 29.4 Å². The van der Waals surface area contributed by atoms with Crippen LogP contribution in [0.2, 0.25) is 0 Å². The van der Waals surface area contributed by atoms with E-state index < -0.39 is 76.1 Å². The van der Waals surface area contributed by atoms with Crippen LogP contribution in [0, 0.1) is 40.4 Å². The number of nitrogens with zero attached hydrogens (tertiary/aromatic N) is 2. The Kier molecular flexibility index (Phi) is 8.11. The van der Waals surface area contributed by atoms with Crippen molar-refractivity contribution in [3.05, 3.63) is 29.8 Å². The van der Waals surface area contributed by atoms with Crippen molar-refractivity contribution in [1.82, 2.24) is 4.90 Å². The van der Waals surface area contributed by atoms with Gasteiger partial charge in [0.05, 0.1) is 42.2 Å². The van der Waals surface area contributed by atoms with Gasteiger partial charge in [-0.1, -0.05) is 26.0 Å². The van der Waals surface area contributed by atoms with E-state index in [2.05, 4.69) is 4.90 Å². The lowest BCUT2D eigenvalue weighted by Gasteiger charge is -2.70. The van der Waals surface area contributed by atoms with Crippen LogP contribution < -0.4 is 4.90 Å². The van der Waals surface area contributed by atoms with E-state index in [0.29, 0.717) is 32.4 Å². The van der Waals surface area contributed by atoms with Crippen LogP contribution in [0.1, 0.15) is 63.2 Å². The predicted octanol–water partition coefficient (Wildman–Crippen LogP) is 1.95. The Morgan fingerprint density at radius 3 is 2.43 bits per heavy atom. The van der Waals surface area contributed by atoms with Crippen molar-refractivity contribution in [3.63, 3.8) is 0 Å². The first kappa shape index (κ1) is 35.1. The molecule has 7 aliphatic rings. The first-order valence-corrected chi connectivity index (χ1v) is 18.4. The number of ether oxygens (including phenoxy) is 5. The van der Waals surface area contributed by atoms with E-state index in [1.54, 1.807) is 52.5 Å². The Morgan fingerprint density at radius 1 is 1.06 bits per heavy atom. The number of imide groups is 1. The van der Waals surface area contributed by atoms with Crippen LogP contribution in [-0.4, -0.2) is 122 Å². The minimum absolute atomic E-state index is 0.0201. The molecular weight excluding hydrogens is 660 g/mol. The first-order valence-electron chi connectivity index (χ1n) is 18.4. The fourth-order valence-corrected chi connectivity index (χ4v) is 13.2. The average molecular weight is 711 g/mol. The number of hydrogen-bond donors (Lipinski definition) is 2. The number of carbonyl (C=O) groups excluding carboxylic acids is 4. The Balaban J connectivity index is 1.24. The van der Waals surface area contributed by atoms with Crippen LogP contribution in [0.25, 0.3) is 0 Å². The second-order valence-electron chi connectivity index (χ2n) is 16.3. The fraction of sp³-hybridized carbons (Fsp3) is 0.737. The molecule has 2 amide bonds. The van der Waals surface area contributed by atoms with Gasteiger partial charge in [-0.25, -0.2) is 9.69 Å². The molecule has 0 radical (unpaired) electrons. The molecule has 1 aromatic carbocycles. The molecule has 5 saturated carbocycles. The van der Waals surface area contributed by atoms with Gasteiger partial charge in [0.1, 0.15) is 17.3 Å². The van der Waals surface area contributed by atoms with Gasteiger partial charge < -0.3 is 33.9 Å². The largest absolute Gasteiger partial charge is 0.462 e. The summed E-state index contributed by atoms with van der Waals surface area (Å²) in [6.45, 7) is 6.10. The molecule has 7 bridgehead atoms. The maximum Gasteiger partial charge on any atom is 0.340 e. The third kappa shape index (κ3) is 4.19. The number of fused-ring (bicyclic) bond motifs is 2. The number of hydrogen-bond acceptors (Lipinski definition) is 12. The van der Waals surface area contributed by atoms with Gasteiger partial charge in [0.25, 0.3) is 0 Å². The molecule has 2 aliphatic heterocycles. The van der Waals surface area contributed by atoms with E-state index in [0.717, 1.165) is 4.90 Å². The lowest BCUT2D eigenvalue weighted by molar-refractivity contribution is -0.319. The van der Waals surface area contributed by atoms with Crippen LogP contribution in [0.4, 0.5) is 5.69 Å². The Hall–Kier alpha value is -2.94. The number of para-hydroxylation sites is 1. The second kappa shape index (κ2) is 11.8. The second-order valence-corrected chi connectivity index (χ2v) is 16.3. The number of anilines is 1. The van der Waals surface area contributed by atoms with E-state index in [-0.39, 0.29) is 60.5 Å². The molecule has 1 spiro atoms. The van der Waals surface area contributed by atoms with E-state index in [1.807, 2.05) is 6.92 Å². The van der Waals surface area contributed by atoms with Gasteiger partial charge in [-0.05, 0) is 43.9 Å². The monoisotopic (exact) mass is 710 g/mol. The molecule has 8 rings (SSSR count). The zero-order valence-corrected chi connectivity index (χ0v) is 30.2. The summed E-state index contributed by atoms with van der Waals surface area (Å²) >= 11 is 0. The van der Waals surface area contributed by atoms with E-state index >= 15 is 0 Å². The summed E-state index contributed by atoms with van der Waals surface area (Å²) < 4.78 is 31.1. The number of methoxy groups -OCH3 is 3. The highest BCUT2D eigenvalue weighted by Crippen LogP contribution is 2.80. The molecule has 2 saturated heterocycles. The number of rotatable bonds is 9. The number of aliphatic hydroxyl groups is 2. The van der Waals surface area contributed by atoms with Crippen LogP contribution in [-0.2, 0) is 38.1 Å². The molecule has 278 valence electrons. The van der Waals surface area contributed by atoms with Crippen molar-refractivity contribution in [1.29, 1.82) is 0 Å². The van der Waals surface area contributed by atoms with Crippen LogP contribution in [0.5, 0.6) is 0 Å². The van der Waals surface area contributed by atoms with Gasteiger partial charge in [-0.3, -0.25) is 19.3 Å². The molecule has 7 fully saturated rings. The number of esters is 2. The molecule has 13 nitrogen and oxygen atoms in total. The SMILES string of the molecule is CCN1C[C@]2(COC(=O)c3ccccc3N3C(=O)CC(C)C3=O)CC[C@H](OC)[C@]34C5C[C@@H]6[C@@H](OC)C[C@@](O)(C5[C@H]6OC(C)=O)[C@@](O)(C13)[C@H](OC)C24. The summed E-state index contributed by atoms with van der Waals surface area (Å²) in [5.41, 5.74) is -4.72. The molecule has 2 N–H and O–H groups in total. The van der Waals surface area contributed by atoms with Crippen LogP contribution >= 0.6 is 0 Å². The molecular formula is C38H50N2O11. The van der Waals surface area contributed by atoms with Crippen LogP contribution in [0.15, 0.2) is 24.3 Å². The lowest BCUT2D eigenvalue weighted by Crippen LogP contribution is -2.82. The number of benzene rings is 1. The molecule has 1 aromatic rings. The summed E-state index contributed by atoms with van der Waals surface area (Å²) in [5.74, 6) is -3.74. The molecule has 51 heavy (non-hydrogen) atoms. The normalized spacial score (nSPS) is 46.4. The molecule has 2 heterocycles. The number of piperidine rings is 1. The van der Waals surface area contributed by atoms with Gasteiger partial charge in [-0.15, -0.1) is 0 Å². The summed E-state index contributed by atoms with van der Waals surface area (Å²) in [6.07, 6.45) is -0.303. The molecule has 13 heteroatoms.